The number of hydrogen-bond donors (Lipinski definition) is 4. The Morgan fingerprint density at radius 2 is 1.85 bits per heavy atom. The first-order valence-corrected chi connectivity index (χ1v) is 6.05. The molecule has 0 aromatic heterocycles. The molecule has 2 rings (SSSR count). The van der Waals surface area contributed by atoms with Gasteiger partial charge in [0.2, 0.25) is 5.91 Å². The van der Waals surface area contributed by atoms with Crippen LogP contribution in [0, 0.1) is 0 Å². The first-order valence-electron chi connectivity index (χ1n) is 6.05. The quantitative estimate of drug-likeness (QED) is 0.480. The molecule has 8 heteroatoms. The molecule has 1 aromatic rings. The molecule has 1 aliphatic heterocycles. The van der Waals surface area contributed by atoms with Gasteiger partial charge in [0, 0.05) is 18.7 Å². The van der Waals surface area contributed by atoms with E-state index in [0.29, 0.717) is 5.69 Å². The average molecular weight is 288 g/mol. The summed E-state index contributed by atoms with van der Waals surface area (Å²) in [7, 11) is 0. The molecule has 5 nitrogen and oxygen atoms in total. The van der Waals surface area contributed by atoms with Crippen LogP contribution in [0.15, 0.2) is 24.3 Å². The number of benzene rings is 1. The molecule has 0 bridgehead atoms. The number of alkyl halides is 3. The van der Waals surface area contributed by atoms with E-state index in [0.717, 1.165) is 5.56 Å². The molecule has 1 heterocycles. The number of hydrogen-bond acceptors (Lipinski definition) is 4. The molecule has 5 N–H and O–H groups in total. The Kier molecular flexibility index (Phi) is 3.87. The molecule has 20 heavy (non-hydrogen) atoms. The van der Waals surface area contributed by atoms with Crippen LogP contribution in [0.2, 0.25) is 0 Å². The number of carbonyl (C=O) groups is 1. The Hall–Kier alpha value is -1.80. The number of nitrogen functional groups attached to an aromatic ring is 1. The molecular formula is C12H15F3N4O. The second-order valence-corrected chi connectivity index (χ2v) is 4.67. The van der Waals surface area contributed by atoms with Gasteiger partial charge < -0.3 is 11.1 Å². The lowest BCUT2D eigenvalue weighted by Gasteiger charge is -2.15. The summed E-state index contributed by atoms with van der Waals surface area (Å²) >= 11 is 0. The van der Waals surface area contributed by atoms with Crippen LogP contribution in [0.5, 0.6) is 0 Å². The Balaban J connectivity index is 1.75. The van der Waals surface area contributed by atoms with Gasteiger partial charge in [-0.05, 0) is 24.1 Å². The maximum atomic E-state index is 12.6. The van der Waals surface area contributed by atoms with Crippen molar-refractivity contribution in [1.29, 1.82) is 0 Å². The lowest BCUT2D eigenvalue weighted by Crippen LogP contribution is -2.38. The summed E-state index contributed by atoms with van der Waals surface area (Å²) in [4.78, 5) is 11.5. The van der Waals surface area contributed by atoms with Crippen LogP contribution in [0.1, 0.15) is 18.4 Å². The first-order chi connectivity index (χ1) is 9.32. The van der Waals surface area contributed by atoms with Gasteiger partial charge in [-0.3, -0.25) is 4.79 Å². The summed E-state index contributed by atoms with van der Waals surface area (Å²) in [6.45, 7) is 0.263. The molecule has 0 aliphatic carbocycles. The van der Waals surface area contributed by atoms with Crippen LogP contribution in [-0.4, -0.2) is 17.7 Å². The largest absolute Gasteiger partial charge is 0.422 e. The van der Waals surface area contributed by atoms with Gasteiger partial charge >= 0.3 is 6.18 Å². The van der Waals surface area contributed by atoms with Crippen LogP contribution in [0.25, 0.3) is 0 Å². The fourth-order valence-electron chi connectivity index (χ4n) is 1.71. The topological polar surface area (TPSA) is 99.0 Å². The first kappa shape index (κ1) is 14.6. The van der Waals surface area contributed by atoms with Crippen molar-refractivity contribution in [1.82, 2.24) is 16.2 Å². The van der Waals surface area contributed by atoms with Gasteiger partial charge in [0.1, 0.15) is 0 Å². The molecule has 110 valence electrons. The van der Waals surface area contributed by atoms with Gasteiger partial charge in [0.05, 0.1) is 0 Å². The maximum absolute atomic E-state index is 12.6. The van der Waals surface area contributed by atoms with Crippen LogP contribution in [0.4, 0.5) is 18.9 Å². The zero-order valence-corrected chi connectivity index (χ0v) is 10.6. The molecule has 1 amide bonds. The van der Waals surface area contributed by atoms with Crippen LogP contribution >= 0.6 is 0 Å². The van der Waals surface area contributed by atoms with Crippen molar-refractivity contribution in [3.8, 4) is 0 Å². The van der Waals surface area contributed by atoms with Crippen molar-refractivity contribution in [2.24, 2.45) is 0 Å². The zero-order chi connectivity index (χ0) is 14.8. The molecule has 1 fully saturated rings. The minimum Gasteiger partial charge on any atom is -0.399 e. The third kappa shape index (κ3) is 3.40. The van der Waals surface area contributed by atoms with Crippen molar-refractivity contribution in [3.63, 3.8) is 0 Å². The van der Waals surface area contributed by atoms with E-state index in [-0.39, 0.29) is 19.4 Å². The molecule has 1 saturated heterocycles. The normalized spacial score (nSPS) is 16.8. The Morgan fingerprint density at radius 3 is 2.35 bits per heavy atom. The fraction of sp³-hybridized carbons (Fsp3) is 0.417. The van der Waals surface area contributed by atoms with Gasteiger partial charge in [-0.25, -0.2) is 10.9 Å². The number of nitrogens with one attached hydrogen (secondary N) is 3. The number of amides is 1. The summed E-state index contributed by atoms with van der Waals surface area (Å²) in [5.74, 6) is -0.430. The Morgan fingerprint density at radius 1 is 1.25 bits per heavy atom. The maximum Gasteiger partial charge on any atom is 0.422 e. The van der Waals surface area contributed by atoms with E-state index in [1.54, 1.807) is 24.3 Å². The average Bonchev–Trinajstić information content (AvgIpc) is 3.16. The molecule has 0 radical (unpaired) electrons. The van der Waals surface area contributed by atoms with E-state index in [4.69, 9.17) is 5.73 Å². The number of rotatable bonds is 5. The number of nitrogens with two attached hydrogens (primary N) is 1. The SMILES string of the molecule is Nc1ccc(CNC(=O)CCC2(C(F)(F)F)NN2)cc1. The zero-order valence-electron chi connectivity index (χ0n) is 10.6. The summed E-state index contributed by atoms with van der Waals surface area (Å²) in [6.07, 6.45) is -4.97. The number of halogens is 3. The molecular weight excluding hydrogens is 273 g/mol. The fourth-order valence-corrected chi connectivity index (χ4v) is 1.71. The van der Waals surface area contributed by atoms with Crippen LogP contribution in [0.3, 0.4) is 0 Å². The van der Waals surface area contributed by atoms with Crippen LogP contribution in [-0.2, 0) is 11.3 Å². The van der Waals surface area contributed by atoms with Gasteiger partial charge in [0.25, 0.3) is 0 Å². The van der Waals surface area contributed by atoms with E-state index in [1.165, 1.54) is 0 Å². The summed E-state index contributed by atoms with van der Waals surface area (Å²) < 4.78 is 37.7. The highest BCUT2D eigenvalue weighted by molar-refractivity contribution is 5.76. The monoisotopic (exact) mass is 288 g/mol. The lowest BCUT2D eigenvalue weighted by atomic mass is 10.1. The number of anilines is 1. The summed E-state index contributed by atoms with van der Waals surface area (Å²) in [5.41, 5.74) is 8.96. The Labute approximate surface area is 113 Å². The second kappa shape index (κ2) is 5.29. The van der Waals surface area contributed by atoms with Crippen molar-refractivity contribution in [2.45, 2.75) is 31.2 Å². The van der Waals surface area contributed by atoms with E-state index >= 15 is 0 Å². The molecule has 0 saturated carbocycles. The minimum atomic E-state index is -4.41. The van der Waals surface area contributed by atoms with Crippen LogP contribution < -0.4 is 21.9 Å². The predicted molar refractivity (Wildman–Crippen MR) is 67.0 cm³/mol. The van der Waals surface area contributed by atoms with Crippen molar-refractivity contribution in [2.75, 3.05) is 5.73 Å². The second-order valence-electron chi connectivity index (χ2n) is 4.67. The van der Waals surface area contributed by atoms with E-state index in [1.807, 2.05) is 0 Å². The molecule has 0 spiro atoms. The molecule has 0 atom stereocenters. The summed E-state index contributed by atoms with van der Waals surface area (Å²) in [5, 5.41) is 2.57. The molecule has 1 aliphatic rings. The van der Waals surface area contributed by atoms with Gasteiger partial charge in [-0.1, -0.05) is 12.1 Å². The van der Waals surface area contributed by atoms with Crippen molar-refractivity contribution >= 4 is 11.6 Å². The third-order valence-corrected chi connectivity index (χ3v) is 3.11. The van der Waals surface area contributed by atoms with Gasteiger partial charge in [-0.15, -0.1) is 0 Å². The standard InChI is InChI=1S/C12H15F3N4O/c13-12(14,15)11(18-19-11)6-5-10(20)17-7-8-1-3-9(16)4-2-8/h1-4,18-19H,5-7,16H2,(H,17,20). The smallest absolute Gasteiger partial charge is 0.399 e. The van der Waals surface area contributed by atoms with Crippen molar-refractivity contribution < 1.29 is 18.0 Å². The lowest BCUT2D eigenvalue weighted by molar-refractivity contribution is -0.165. The van der Waals surface area contributed by atoms with E-state index < -0.39 is 17.7 Å². The summed E-state index contributed by atoms with van der Waals surface area (Å²) in [6, 6.07) is 6.88. The highest BCUT2D eigenvalue weighted by Crippen LogP contribution is 2.36. The highest BCUT2D eigenvalue weighted by atomic mass is 19.4. The third-order valence-electron chi connectivity index (χ3n) is 3.11. The number of hydrazine groups is 1. The minimum absolute atomic E-state index is 0.214. The van der Waals surface area contributed by atoms with Gasteiger partial charge in [-0.2, -0.15) is 13.2 Å². The number of carbonyl (C=O) groups excluding carboxylic acids is 1. The predicted octanol–water partition coefficient (Wildman–Crippen LogP) is 1.03. The molecule has 0 unspecified atom stereocenters. The van der Waals surface area contributed by atoms with Crippen molar-refractivity contribution in [3.05, 3.63) is 29.8 Å². The van der Waals surface area contributed by atoms with E-state index in [2.05, 4.69) is 16.2 Å². The highest BCUT2D eigenvalue weighted by Gasteiger charge is 2.63. The van der Waals surface area contributed by atoms with Gasteiger partial charge in [0.15, 0.2) is 5.66 Å². The molecule has 1 aromatic carbocycles. The Bertz CT molecular complexity index is 482. The van der Waals surface area contributed by atoms with E-state index in [9.17, 15) is 18.0 Å².